The van der Waals surface area contributed by atoms with Crippen molar-refractivity contribution in [1.82, 2.24) is 4.57 Å². The minimum absolute atomic E-state index is 0.00603. The molecule has 0 aliphatic rings. The van der Waals surface area contributed by atoms with Gasteiger partial charge in [0.25, 0.3) is 5.69 Å². The number of nitro benzene ring substituents is 1. The van der Waals surface area contributed by atoms with Gasteiger partial charge in [0, 0.05) is 29.7 Å². The molecule has 2 aromatic carbocycles. The summed E-state index contributed by atoms with van der Waals surface area (Å²) in [4.78, 5) is 10.7. The van der Waals surface area contributed by atoms with Crippen LogP contribution < -0.4 is 0 Å². The third-order valence-corrected chi connectivity index (χ3v) is 3.69. The van der Waals surface area contributed by atoms with Crippen LogP contribution in [0.25, 0.3) is 10.9 Å². The summed E-state index contributed by atoms with van der Waals surface area (Å²) in [5.41, 5.74) is 2.54. The Morgan fingerprint density at radius 3 is 2.59 bits per heavy atom. The monoisotopic (exact) mass is 291 g/mol. The quantitative estimate of drug-likeness (QED) is 0.544. The molecule has 0 amide bonds. The van der Waals surface area contributed by atoms with Crippen LogP contribution in [0, 0.1) is 21.4 Å². The van der Waals surface area contributed by atoms with Crippen LogP contribution in [0.2, 0.25) is 0 Å². The second-order valence-electron chi connectivity index (χ2n) is 5.02. The highest BCUT2D eigenvalue weighted by molar-refractivity contribution is 5.87. The largest absolute Gasteiger partial charge is 0.343 e. The topological polar surface area (TPSA) is 71.9 Å². The lowest BCUT2D eigenvalue weighted by Gasteiger charge is -2.07. The zero-order valence-electron chi connectivity index (χ0n) is 11.8. The van der Waals surface area contributed by atoms with Gasteiger partial charge in [-0.2, -0.15) is 5.26 Å². The first-order chi connectivity index (χ1) is 10.7. The highest BCUT2D eigenvalue weighted by atomic mass is 16.6. The molecule has 5 nitrogen and oxygen atoms in total. The van der Waals surface area contributed by atoms with E-state index in [4.69, 9.17) is 5.26 Å². The molecule has 0 aliphatic carbocycles. The van der Waals surface area contributed by atoms with E-state index in [1.807, 2.05) is 53.2 Å². The van der Waals surface area contributed by atoms with Gasteiger partial charge in [0.2, 0.25) is 0 Å². The van der Waals surface area contributed by atoms with Crippen molar-refractivity contribution in [2.45, 2.75) is 13.0 Å². The summed E-state index contributed by atoms with van der Waals surface area (Å²) >= 11 is 0. The highest BCUT2D eigenvalue weighted by Crippen LogP contribution is 2.29. The minimum Gasteiger partial charge on any atom is -0.343 e. The fourth-order valence-corrected chi connectivity index (χ4v) is 2.68. The Balaban J connectivity index is 2.10. The van der Waals surface area contributed by atoms with Crippen molar-refractivity contribution in [3.8, 4) is 6.07 Å². The van der Waals surface area contributed by atoms with Gasteiger partial charge in [-0.15, -0.1) is 0 Å². The molecule has 0 aliphatic heterocycles. The van der Waals surface area contributed by atoms with Gasteiger partial charge in [0.1, 0.15) is 0 Å². The molecule has 0 unspecified atom stereocenters. The molecule has 1 heterocycles. The van der Waals surface area contributed by atoms with Gasteiger partial charge in [0.15, 0.2) is 0 Å². The fourth-order valence-electron chi connectivity index (χ4n) is 2.68. The predicted molar refractivity (Wildman–Crippen MR) is 83.5 cm³/mol. The summed E-state index contributed by atoms with van der Waals surface area (Å²) < 4.78 is 2.04. The zero-order chi connectivity index (χ0) is 15.5. The lowest BCUT2D eigenvalue weighted by molar-refractivity contribution is -0.385. The number of hydrogen-bond acceptors (Lipinski definition) is 3. The molecular formula is C17H13N3O2. The van der Waals surface area contributed by atoms with Crippen molar-refractivity contribution in [2.75, 3.05) is 0 Å². The second kappa shape index (κ2) is 5.70. The van der Waals surface area contributed by atoms with E-state index in [2.05, 4.69) is 0 Å². The molecule has 5 heteroatoms. The van der Waals surface area contributed by atoms with Gasteiger partial charge in [0.05, 0.1) is 23.0 Å². The lowest BCUT2D eigenvalue weighted by atomic mass is 10.1. The van der Waals surface area contributed by atoms with Crippen LogP contribution in [0.1, 0.15) is 11.1 Å². The number of nitro groups is 1. The van der Waals surface area contributed by atoms with Gasteiger partial charge < -0.3 is 4.57 Å². The first-order valence-corrected chi connectivity index (χ1v) is 6.86. The normalized spacial score (nSPS) is 10.5. The Labute approximate surface area is 127 Å². The van der Waals surface area contributed by atoms with Crippen LogP contribution in [0.3, 0.4) is 0 Å². The number of nitriles is 1. The van der Waals surface area contributed by atoms with Gasteiger partial charge >= 0.3 is 0 Å². The molecule has 0 saturated carbocycles. The molecule has 0 fully saturated rings. The molecule has 22 heavy (non-hydrogen) atoms. The smallest absolute Gasteiger partial charge is 0.274 e. The Morgan fingerprint density at radius 2 is 1.91 bits per heavy atom. The molecule has 108 valence electrons. The molecule has 0 spiro atoms. The number of nitrogens with zero attached hydrogens (tertiary/aromatic N) is 3. The minimum atomic E-state index is -0.430. The maximum Gasteiger partial charge on any atom is 0.274 e. The van der Waals surface area contributed by atoms with E-state index >= 15 is 0 Å². The summed E-state index contributed by atoms with van der Waals surface area (Å²) in [6.07, 6.45) is 1.94. The van der Waals surface area contributed by atoms with Crippen LogP contribution in [0.15, 0.2) is 54.7 Å². The van der Waals surface area contributed by atoms with Crippen LogP contribution in [0.5, 0.6) is 0 Å². The van der Waals surface area contributed by atoms with Gasteiger partial charge in [-0.05, 0) is 17.7 Å². The second-order valence-corrected chi connectivity index (χ2v) is 5.02. The van der Waals surface area contributed by atoms with E-state index in [0.29, 0.717) is 12.1 Å². The third-order valence-electron chi connectivity index (χ3n) is 3.69. The van der Waals surface area contributed by atoms with E-state index in [-0.39, 0.29) is 12.1 Å². The van der Waals surface area contributed by atoms with E-state index in [9.17, 15) is 10.1 Å². The molecule has 3 aromatic rings. The van der Waals surface area contributed by atoms with Crippen LogP contribution >= 0.6 is 0 Å². The van der Waals surface area contributed by atoms with Crippen molar-refractivity contribution in [3.63, 3.8) is 0 Å². The number of aromatic nitrogens is 1. The molecule has 0 bridgehead atoms. The van der Waals surface area contributed by atoms with Gasteiger partial charge in [-0.1, -0.05) is 30.3 Å². The Hall–Kier alpha value is -3.13. The number of hydrogen-bond donors (Lipinski definition) is 0. The molecule has 3 rings (SSSR count). The van der Waals surface area contributed by atoms with Crippen molar-refractivity contribution >= 4 is 16.6 Å². The lowest BCUT2D eigenvalue weighted by Crippen LogP contribution is -1.99. The van der Waals surface area contributed by atoms with Crippen LogP contribution in [-0.4, -0.2) is 9.49 Å². The standard InChI is InChI=1S/C17H13N3O2/c18-10-8-14-15-9-11-19(12-13-4-2-1-3-5-13)16(15)6-7-17(14)20(21)22/h1-7,9,11H,8,12H2. The first kappa shape index (κ1) is 13.8. The van der Waals surface area contributed by atoms with E-state index < -0.39 is 4.92 Å². The van der Waals surface area contributed by atoms with Gasteiger partial charge in [-0.3, -0.25) is 10.1 Å². The summed E-state index contributed by atoms with van der Waals surface area (Å²) in [5.74, 6) is 0. The van der Waals surface area contributed by atoms with E-state index in [0.717, 1.165) is 16.5 Å². The molecule has 0 saturated heterocycles. The number of benzene rings is 2. The molecule has 1 aromatic heterocycles. The van der Waals surface area contributed by atoms with Crippen LogP contribution in [0.4, 0.5) is 5.69 Å². The first-order valence-electron chi connectivity index (χ1n) is 6.86. The summed E-state index contributed by atoms with van der Waals surface area (Å²) in [5, 5.41) is 20.8. The molecule has 0 N–H and O–H groups in total. The van der Waals surface area contributed by atoms with Crippen LogP contribution in [-0.2, 0) is 13.0 Å². The van der Waals surface area contributed by atoms with Gasteiger partial charge in [-0.25, -0.2) is 0 Å². The SMILES string of the molecule is N#CCc1c([N+](=O)[O-])ccc2c1ccn2Cc1ccccc1. The fraction of sp³-hybridized carbons (Fsp3) is 0.118. The number of rotatable bonds is 4. The van der Waals surface area contributed by atoms with Crippen molar-refractivity contribution in [3.05, 3.63) is 76.0 Å². The van der Waals surface area contributed by atoms with Crippen molar-refractivity contribution in [2.24, 2.45) is 0 Å². The number of fused-ring (bicyclic) bond motifs is 1. The van der Waals surface area contributed by atoms with E-state index in [1.165, 1.54) is 6.07 Å². The Kier molecular flexibility index (Phi) is 3.58. The summed E-state index contributed by atoms with van der Waals surface area (Å²) in [6, 6.07) is 17.1. The van der Waals surface area contributed by atoms with Crippen molar-refractivity contribution < 1.29 is 4.92 Å². The highest BCUT2D eigenvalue weighted by Gasteiger charge is 2.18. The Bertz CT molecular complexity index is 876. The predicted octanol–water partition coefficient (Wildman–Crippen LogP) is 3.66. The summed E-state index contributed by atoms with van der Waals surface area (Å²) in [7, 11) is 0. The summed E-state index contributed by atoms with van der Waals surface area (Å²) in [6.45, 7) is 0.689. The third kappa shape index (κ3) is 2.42. The average molecular weight is 291 g/mol. The average Bonchev–Trinajstić information content (AvgIpc) is 2.92. The molecular weight excluding hydrogens is 278 g/mol. The van der Waals surface area contributed by atoms with E-state index in [1.54, 1.807) is 6.07 Å². The maximum atomic E-state index is 11.1. The Morgan fingerprint density at radius 1 is 1.14 bits per heavy atom. The maximum absolute atomic E-state index is 11.1. The molecule has 0 atom stereocenters. The van der Waals surface area contributed by atoms with Crippen molar-refractivity contribution in [1.29, 1.82) is 5.26 Å². The zero-order valence-corrected chi connectivity index (χ0v) is 11.8. The molecule has 0 radical (unpaired) electrons.